The molecule has 1 rings (SSSR count). The lowest BCUT2D eigenvalue weighted by Crippen LogP contribution is -2.45. The minimum atomic E-state index is -0.830. The van der Waals surface area contributed by atoms with Gasteiger partial charge in [0.05, 0.1) is 20.3 Å². The predicted molar refractivity (Wildman–Crippen MR) is 89.5 cm³/mol. The summed E-state index contributed by atoms with van der Waals surface area (Å²) in [4.78, 5) is 12.2. The highest BCUT2D eigenvalue weighted by molar-refractivity contribution is 5.77. The third-order valence-electron chi connectivity index (χ3n) is 3.59. The van der Waals surface area contributed by atoms with Crippen LogP contribution in [-0.4, -0.2) is 25.7 Å². The van der Waals surface area contributed by atoms with Gasteiger partial charge >= 0.3 is 0 Å². The number of amides is 1. The Morgan fingerprint density at radius 3 is 2.57 bits per heavy atom. The zero-order valence-electron chi connectivity index (χ0n) is 14.6. The van der Waals surface area contributed by atoms with E-state index in [4.69, 9.17) is 9.47 Å². The molecule has 0 bridgehead atoms. The molecule has 1 atom stereocenters. The molecule has 0 heterocycles. The standard InChI is InChI=1S/C18H26N2O3/c1-13(2)11-18(3,12-19)20-17(21)9-6-14-10-15(22-4)7-8-16(14)23-5/h7-8,10,13H,6,9,11H2,1-5H3,(H,20,21)/t18-/m0/s1. The molecule has 1 aromatic carbocycles. The molecule has 5 heteroatoms. The molecule has 5 nitrogen and oxygen atoms in total. The molecular weight excluding hydrogens is 292 g/mol. The highest BCUT2D eigenvalue weighted by Gasteiger charge is 2.27. The summed E-state index contributed by atoms with van der Waals surface area (Å²) in [5, 5.41) is 12.2. The third kappa shape index (κ3) is 5.82. The van der Waals surface area contributed by atoms with E-state index < -0.39 is 5.54 Å². The van der Waals surface area contributed by atoms with Gasteiger partial charge in [-0.3, -0.25) is 4.79 Å². The van der Waals surface area contributed by atoms with Crippen LogP contribution in [0, 0.1) is 17.2 Å². The van der Waals surface area contributed by atoms with Gasteiger partial charge in [0.1, 0.15) is 17.0 Å². The summed E-state index contributed by atoms with van der Waals surface area (Å²) < 4.78 is 10.5. The number of methoxy groups -OCH3 is 2. The summed E-state index contributed by atoms with van der Waals surface area (Å²) in [6.07, 6.45) is 1.44. The van der Waals surface area contributed by atoms with Crippen molar-refractivity contribution in [3.63, 3.8) is 0 Å². The molecule has 1 amide bonds. The molecule has 0 aliphatic heterocycles. The summed E-state index contributed by atoms with van der Waals surface area (Å²) in [5.74, 6) is 1.64. The van der Waals surface area contributed by atoms with Gasteiger partial charge in [-0.25, -0.2) is 0 Å². The summed E-state index contributed by atoms with van der Waals surface area (Å²) >= 11 is 0. The maximum Gasteiger partial charge on any atom is 0.221 e. The van der Waals surface area contributed by atoms with Crippen molar-refractivity contribution >= 4 is 5.91 Å². The van der Waals surface area contributed by atoms with Crippen LogP contribution in [0.3, 0.4) is 0 Å². The van der Waals surface area contributed by atoms with Gasteiger partial charge < -0.3 is 14.8 Å². The molecule has 126 valence electrons. The number of hydrogen-bond donors (Lipinski definition) is 1. The van der Waals surface area contributed by atoms with E-state index in [1.807, 2.05) is 32.0 Å². The molecule has 0 aliphatic carbocycles. The van der Waals surface area contributed by atoms with Gasteiger partial charge in [0, 0.05) is 6.42 Å². The fraction of sp³-hybridized carbons (Fsp3) is 0.556. The zero-order chi connectivity index (χ0) is 17.5. The van der Waals surface area contributed by atoms with Gasteiger partial charge in [0.25, 0.3) is 0 Å². The molecule has 0 saturated heterocycles. The topological polar surface area (TPSA) is 71.3 Å². The molecule has 0 aliphatic rings. The van der Waals surface area contributed by atoms with Crippen molar-refractivity contribution in [1.29, 1.82) is 5.26 Å². The normalized spacial score (nSPS) is 13.1. The molecule has 23 heavy (non-hydrogen) atoms. The summed E-state index contributed by atoms with van der Waals surface area (Å²) in [5.41, 5.74) is 0.0773. The lowest BCUT2D eigenvalue weighted by molar-refractivity contribution is -0.122. The van der Waals surface area contributed by atoms with E-state index in [9.17, 15) is 10.1 Å². The Morgan fingerprint density at radius 1 is 1.35 bits per heavy atom. The second-order valence-corrected chi connectivity index (χ2v) is 6.27. The molecule has 0 unspecified atom stereocenters. The molecule has 0 aromatic heterocycles. The van der Waals surface area contributed by atoms with Crippen LogP contribution in [-0.2, 0) is 11.2 Å². The number of nitrogens with zero attached hydrogens (tertiary/aromatic N) is 1. The van der Waals surface area contributed by atoms with E-state index in [2.05, 4.69) is 11.4 Å². The predicted octanol–water partition coefficient (Wildman–Crippen LogP) is 3.08. The summed E-state index contributed by atoms with van der Waals surface area (Å²) in [6, 6.07) is 7.71. The fourth-order valence-corrected chi connectivity index (χ4v) is 2.64. The smallest absolute Gasteiger partial charge is 0.221 e. The number of rotatable bonds is 8. The van der Waals surface area contributed by atoms with Gasteiger partial charge in [-0.05, 0) is 49.4 Å². The second-order valence-electron chi connectivity index (χ2n) is 6.27. The van der Waals surface area contributed by atoms with Crippen molar-refractivity contribution in [2.75, 3.05) is 14.2 Å². The number of carbonyl (C=O) groups excluding carboxylic acids is 1. The summed E-state index contributed by atoms with van der Waals surface area (Å²) in [7, 11) is 3.20. The Morgan fingerprint density at radius 2 is 2.04 bits per heavy atom. The lowest BCUT2D eigenvalue weighted by atomic mass is 9.92. The third-order valence-corrected chi connectivity index (χ3v) is 3.59. The molecule has 0 radical (unpaired) electrons. The molecule has 1 aromatic rings. The van der Waals surface area contributed by atoms with Crippen LogP contribution in [0.1, 0.15) is 39.2 Å². The fourth-order valence-electron chi connectivity index (χ4n) is 2.64. The first kappa shape index (κ1) is 18.8. The maximum atomic E-state index is 12.2. The van der Waals surface area contributed by atoms with Crippen molar-refractivity contribution in [3.8, 4) is 17.6 Å². The van der Waals surface area contributed by atoms with Crippen molar-refractivity contribution < 1.29 is 14.3 Å². The maximum absolute atomic E-state index is 12.2. The number of ether oxygens (including phenoxy) is 2. The van der Waals surface area contributed by atoms with Crippen molar-refractivity contribution in [2.45, 2.75) is 45.6 Å². The SMILES string of the molecule is COc1ccc(OC)c(CCC(=O)N[C@](C)(C#N)CC(C)C)c1. The van der Waals surface area contributed by atoms with Crippen LogP contribution < -0.4 is 14.8 Å². The van der Waals surface area contributed by atoms with Gasteiger partial charge in [0.2, 0.25) is 5.91 Å². The molecule has 0 spiro atoms. The number of benzene rings is 1. The van der Waals surface area contributed by atoms with Crippen LogP contribution in [0.4, 0.5) is 0 Å². The van der Waals surface area contributed by atoms with Crippen LogP contribution in [0.5, 0.6) is 11.5 Å². The summed E-state index contributed by atoms with van der Waals surface area (Å²) in [6.45, 7) is 5.82. The first-order valence-electron chi connectivity index (χ1n) is 7.76. The van der Waals surface area contributed by atoms with Crippen LogP contribution in [0.15, 0.2) is 18.2 Å². The van der Waals surface area contributed by atoms with E-state index in [1.54, 1.807) is 21.1 Å². The van der Waals surface area contributed by atoms with Crippen LogP contribution >= 0.6 is 0 Å². The molecule has 0 fully saturated rings. The lowest BCUT2D eigenvalue weighted by Gasteiger charge is -2.25. The van der Waals surface area contributed by atoms with E-state index in [-0.39, 0.29) is 5.91 Å². The van der Waals surface area contributed by atoms with E-state index >= 15 is 0 Å². The second kappa shape index (κ2) is 8.42. The van der Waals surface area contributed by atoms with Gasteiger partial charge in [-0.1, -0.05) is 13.8 Å². The Balaban J connectivity index is 2.71. The first-order valence-corrected chi connectivity index (χ1v) is 7.76. The van der Waals surface area contributed by atoms with Crippen molar-refractivity contribution in [3.05, 3.63) is 23.8 Å². The van der Waals surface area contributed by atoms with Crippen molar-refractivity contribution in [1.82, 2.24) is 5.32 Å². The van der Waals surface area contributed by atoms with Crippen LogP contribution in [0.25, 0.3) is 0 Å². The Bertz CT molecular complexity index is 578. The Kier molecular flexibility index (Phi) is 6.89. The minimum Gasteiger partial charge on any atom is -0.497 e. The molecular formula is C18H26N2O3. The number of nitriles is 1. The van der Waals surface area contributed by atoms with Gasteiger partial charge in [-0.15, -0.1) is 0 Å². The first-order chi connectivity index (χ1) is 10.8. The van der Waals surface area contributed by atoms with E-state index in [0.717, 1.165) is 17.1 Å². The highest BCUT2D eigenvalue weighted by atomic mass is 16.5. The Labute approximate surface area is 138 Å². The minimum absolute atomic E-state index is 0.139. The number of nitrogens with one attached hydrogen (secondary N) is 1. The molecule has 0 saturated carbocycles. The number of hydrogen-bond acceptors (Lipinski definition) is 4. The van der Waals surface area contributed by atoms with Gasteiger partial charge in [-0.2, -0.15) is 5.26 Å². The number of carbonyl (C=O) groups is 1. The Hall–Kier alpha value is -2.22. The largest absolute Gasteiger partial charge is 0.497 e. The average Bonchev–Trinajstić information content (AvgIpc) is 2.51. The van der Waals surface area contributed by atoms with Crippen molar-refractivity contribution in [2.24, 2.45) is 5.92 Å². The monoisotopic (exact) mass is 318 g/mol. The average molecular weight is 318 g/mol. The highest BCUT2D eigenvalue weighted by Crippen LogP contribution is 2.25. The number of aryl methyl sites for hydroxylation is 1. The van der Waals surface area contributed by atoms with Crippen LogP contribution in [0.2, 0.25) is 0 Å². The van der Waals surface area contributed by atoms with Gasteiger partial charge in [0.15, 0.2) is 0 Å². The van der Waals surface area contributed by atoms with E-state index in [0.29, 0.717) is 25.2 Å². The molecule has 1 N–H and O–H groups in total. The zero-order valence-corrected chi connectivity index (χ0v) is 14.6. The quantitative estimate of drug-likeness (QED) is 0.799. The van der Waals surface area contributed by atoms with E-state index in [1.165, 1.54) is 0 Å².